The summed E-state index contributed by atoms with van der Waals surface area (Å²) >= 11 is 2.88. The number of esters is 4. The van der Waals surface area contributed by atoms with Crippen LogP contribution < -0.4 is 18.9 Å². The van der Waals surface area contributed by atoms with Gasteiger partial charge < -0.3 is 28.4 Å². The summed E-state index contributed by atoms with van der Waals surface area (Å²) in [5, 5.41) is 10.9. The summed E-state index contributed by atoms with van der Waals surface area (Å²) < 4.78 is 51.2. The Hall–Kier alpha value is -7.60. The topological polar surface area (TPSA) is 147 Å². The molecule has 2 fully saturated rings. The van der Waals surface area contributed by atoms with Gasteiger partial charge in [-0.3, -0.25) is 9.59 Å². The Morgan fingerprint density at radius 1 is 0.494 bits per heavy atom. The van der Waals surface area contributed by atoms with Gasteiger partial charge in [-0.05, 0) is 172 Å². The van der Waals surface area contributed by atoms with Crippen molar-refractivity contribution < 1.29 is 52.0 Å². The van der Waals surface area contributed by atoms with E-state index >= 15 is 0 Å². The number of halogens is 1. The second kappa shape index (κ2) is 31.5. The van der Waals surface area contributed by atoms with Crippen molar-refractivity contribution in [2.45, 2.75) is 140 Å². The van der Waals surface area contributed by atoms with Crippen LogP contribution >= 0.6 is 22.7 Å². The Morgan fingerprint density at radius 2 is 0.859 bits per heavy atom. The number of benzene rings is 5. The van der Waals surface area contributed by atoms with E-state index in [0.717, 1.165) is 135 Å². The summed E-state index contributed by atoms with van der Waals surface area (Å²) in [5.74, 6) is 0.778. The van der Waals surface area contributed by atoms with Gasteiger partial charge in [-0.2, -0.15) is 5.26 Å². The first-order chi connectivity index (χ1) is 41.6. The van der Waals surface area contributed by atoms with Gasteiger partial charge in [-0.15, -0.1) is 22.7 Å². The number of hydrogen-bond donors (Lipinski definition) is 0. The number of hydrogen-bond acceptors (Lipinski definition) is 13. The van der Waals surface area contributed by atoms with Crippen molar-refractivity contribution in [1.82, 2.24) is 0 Å². The average molecular weight is 1190 g/mol. The molecule has 0 bridgehead atoms. The molecule has 9 rings (SSSR count). The quantitative estimate of drug-likeness (QED) is 0.0183. The van der Waals surface area contributed by atoms with Crippen LogP contribution in [-0.2, 0) is 28.7 Å². The summed E-state index contributed by atoms with van der Waals surface area (Å²) in [6.07, 6.45) is 20.6. The number of nitrogens with zero attached hydrogens (tertiary/aromatic N) is 1. The molecule has 0 atom stereocenters. The molecule has 5 aromatic carbocycles. The number of rotatable bonds is 30. The minimum Gasteiger partial charge on any atom is -0.494 e. The number of carbonyl (C=O) groups excluding carboxylic acids is 4. The van der Waals surface area contributed by atoms with Gasteiger partial charge in [0.2, 0.25) is 0 Å². The lowest BCUT2D eigenvalue weighted by Crippen LogP contribution is -2.25. The van der Waals surface area contributed by atoms with E-state index in [1.54, 1.807) is 24.3 Å². The van der Waals surface area contributed by atoms with Crippen LogP contribution in [0.25, 0.3) is 41.1 Å². The van der Waals surface area contributed by atoms with Crippen molar-refractivity contribution in [3.8, 4) is 49.9 Å². The number of carbonyl (C=O) groups is 4. The molecule has 444 valence electrons. The lowest BCUT2D eigenvalue weighted by Gasteiger charge is -2.28. The standard InChI is InChI=1S/C71H76FNO10S2/c1-3-64(74)80-43-15-11-7-5-9-13-41-78-58-37-31-51(32-38-58)49-21-25-55(26-22-49)70(76)82-66-60-45-62(53-19-17-48(47-73)18-20-53)84-68(60)67(61-46-63(85-69(61)66)54-29-35-57(72)36-30-54)83-71(77)56-27-23-50(24-28-56)52-33-39-59(40-34-52)79-42-14-10-6-8-12-16-44-81-65(75)4-2/h3-4,17-20,29-40,45-46,49-50,55-56H,1-2,5-16,21-28,41-44H2. The van der Waals surface area contributed by atoms with Crippen LogP contribution in [0.2, 0.25) is 0 Å². The van der Waals surface area contributed by atoms with Crippen LogP contribution in [0, 0.1) is 29.0 Å². The SMILES string of the molecule is C=CC(=O)OCCCCCCCCOc1ccc(C2CCC(C(=O)Oc3c4cc(-c5ccc(C#N)cc5)sc4c(OC(=O)C4CCC(c5ccc(OCCCCCCCCOC(=O)C=C)cc5)CC4)c4cc(-c5ccc(F)cc5)sc34)CC2)cc1. The maximum Gasteiger partial charge on any atom is 0.330 e. The van der Waals surface area contributed by atoms with Crippen molar-refractivity contribution in [2.24, 2.45) is 11.8 Å². The fourth-order valence-corrected chi connectivity index (χ4v) is 13.9. The van der Waals surface area contributed by atoms with Crippen LogP contribution in [0.5, 0.6) is 23.0 Å². The zero-order valence-electron chi connectivity index (χ0n) is 48.5. The molecule has 0 unspecified atom stereocenters. The lowest BCUT2D eigenvalue weighted by molar-refractivity contribution is -0.140. The molecule has 0 amide bonds. The van der Waals surface area contributed by atoms with Crippen molar-refractivity contribution in [1.29, 1.82) is 5.26 Å². The Morgan fingerprint density at radius 3 is 1.24 bits per heavy atom. The van der Waals surface area contributed by atoms with Crippen molar-refractivity contribution in [3.63, 3.8) is 0 Å². The number of nitriles is 1. The summed E-state index contributed by atoms with van der Waals surface area (Å²) in [4.78, 5) is 53.2. The molecule has 2 aromatic heterocycles. The highest BCUT2D eigenvalue weighted by Crippen LogP contribution is 2.53. The molecule has 0 saturated heterocycles. The normalized spacial score (nSPS) is 16.7. The van der Waals surface area contributed by atoms with Gasteiger partial charge in [-0.1, -0.05) is 113 Å². The molecule has 2 aliphatic rings. The van der Waals surface area contributed by atoms with Crippen molar-refractivity contribution >= 4 is 66.7 Å². The number of thiophene rings is 2. The molecule has 85 heavy (non-hydrogen) atoms. The fraction of sp³-hybridized carbons (Fsp3) is 0.394. The van der Waals surface area contributed by atoms with Gasteiger partial charge in [-0.25, -0.2) is 14.0 Å². The Kier molecular flexibility index (Phi) is 23.0. The third kappa shape index (κ3) is 17.3. The summed E-state index contributed by atoms with van der Waals surface area (Å²) in [7, 11) is 0. The van der Waals surface area contributed by atoms with E-state index in [9.17, 15) is 28.8 Å². The zero-order valence-corrected chi connectivity index (χ0v) is 50.1. The van der Waals surface area contributed by atoms with E-state index in [1.165, 1.54) is 58.1 Å². The van der Waals surface area contributed by atoms with Gasteiger partial charge >= 0.3 is 23.9 Å². The molecule has 2 aliphatic carbocycles. The molecule has 2 heterocycles. The minimum atomic E-state index is -0.372. The largest absolute Gasteiger partial charge is 0.494 e. The molecule has 0 radical (unpaired) electrons. The van der Waals surface area contributed by atoms with E-state index in [0.29, 0.717) is 101 Å². The van der Waals surface area contributed by atoms with Gasteiger partial charge in [0.1, 0.15) is 17.3 Å². The first-order valence-electron chi connectivity index (χ1n) is 30.3. The van der Waals surface area contributed by atoms with E-state index in [-0.39, 0.29) is 41.5 Å². The van der Waals surface area contributed by atoms with Crippen LogP contribution in [0.4, 0.5) is 4.39 Å². The second-order valence-electron chi connectivity index (χ2n) is 22.3. The molecule has 0 spiro atoms. The van der Waals surface area contributed by atoms with Gasteiger partial charge in [0.15, 0.2) is 11.5 Å². The zero-order chi connectivity index (χ0) is 59.3. The van der Waals surface area contributed by atoms with E-state index in [1.807, 2.05) is 48.5 Å². The smallest absolute Gasteiger partial charge is 0.330 e. The second-order valence-corrected chi connectivity index (χ2v) is 24.4. The average Bonchev–Trinajstić information content (AvgIpc) is 1.82. The molecule has 14 heteroatoms. The summed E-state index contributed by atoms with van der Waals surface area (Å²) in [6, 6.07) is 36.6. The van der Waals surface area contributed by atoms with Crippen LogP contribution in [-0.4, -0.2) is 50.3 Å². The lowest BCUT2D eigenvalue weighted by atomic mass is 9.79. The molecular weight excluding hydrogens is 1110 g/mol. The maximum atomic E-state index is 14.6. The predicted molar refractivity (Wildman–Crippen MR) is 335 cm³/mol. The van der Waals surface area contributed by atoms with Crippen molar-refractivity contribution in [2.75, 3.05) is 26.4 Å². The Bertz CT molecular complexity index is 3230. The molecule has 7 aromatic rings. The fourth-order valence-electron chi connectivity index (χ4n) is 11.5. The monoisotopic (exact) mass is 1190 g/mol. The molecule has 0 N–H and O–H groups in total. The highest BCUT2D eigenvalue weighted by Gasteiger charge is 2.34. The Labute approximate surface area is 506 Å². The predicted octanol–water partition coefficient (Wildman–Crippen LogP) is 18.1. The van der Waals surface area contributed by atoms with Gasteiger partial charge in [0.25, 0.3) is 0 Å². The molecule has 0 aliphatic heterocycles. The maximum absolute atomic E-state index is 14.6. The van der Waals surface area contributed by atoms with Crippen LogP contribution in [0.1, 0.15) is 157 Å². The minimum absolute atomic E-state index is 0.299. The number of ether oxygens (including phenoxy) is 6. The highest BCUT2D eigenvalue weighted by molar-refractivity contribution is 7.24. The van der Waals surface area contributed by atoms with Crippen molar-refractivity contribution in [3.05, 3.63) is 157 Å². The third-order valence-electron chi connectivity index (χ3n) is 16.5. The molecule has 2 saturated carbocycles. The highest BCUT2D eigenvalue weighted by atomic mass is 32.1. The van der Waals surface area contributed by atoms with Gasteiger partial charge in [0.05, 0.1) is 59.3 Å². The van der Waals surface area contributed by atoms with Crippen LogP contribution in [0.3, 0.4) is 0 Å². The third-order valence-corrected chi connectivity index (χ3v) is 18.8. The van der Waals surface area contributed by atoms with E-state index in [2.05, 4.69) is 43.5 Å². The van der Waals surface area contributed by atoms with Crippen LogP contribution in [0.15, 0.2) is 135 Å². The Balaban J connectivity index is 0.842. The van der Waals surface area contributed by atoms with Gasteiger partial charge in [0, 0.05) is 32.7 Å². The number of fused-ring (bicyclic) bond motifs is 2. The first kappa shape index (κ1) is 61.9. The first-order valence-corrected chi connectivity index (χ1v) is 32.0. The van der Waals surface area contributed by atoms with E-state index in [4.69, 9.17) is 28.4 Å². The summed E-state index contributed by atoms with van der Waals surface area (Å²) in [6.45, 7) is 9.01. The van der Waals surface area contributed by atoms with E-state index < -0.39 is 0 Å². The molecule has 11 nitrogen and oxygen atoms in total. The molecular formula is C71H76FNO10S2. The number of unbranched alkanes of at least 4 members (excludes halogenated alkanes) is 10. The summed E-state index contributed by atoms with van der Waals surface area (Å²) in [5.41, 5.74) is 4.64.